The lowest BCUT2D eigenvalue weighted by Gasteiger charge is -2.08. The summed E-state index contributed by atoms with van der Waals surface area (Å²) in [5, 5.41) is 8.92. The molecule has 0 bridgehead atoms. The van der Waals surface area contributed by atoms with Crippen LogP contribution < -0.4 is 4.72 Å². The smallest absolute Gasteiger partial charge is 0.337 e. The summed E-state index contributed by atoms with van der Waals surface area (Å²) in [6.07, 6.45) is 1.43. The Bertz CT molecular complexity index is 793. The van der Waals surface area contributed by atoms with Gasteiger partial charge in [0.2, 0.25) is 0 Å². The molecule has 0 amide bonds. The minimum atomic E-state index is -3.95. The van der Waals surface area contributed by atoms with Crippen molar-refractivity contribution in [3.8, 4) is 0 Å². The minimum Gasteiger partial charge on any atom is -0.478 e. The SMILES string of the molecule is O=C(O)c1cc(S(=O)(=O)Nc2ccc(Br)cn2)ccc1Cl. The summed E-state index contributed by atoms with van der Waals surface area (Å²) in [4.78, 5) is 14.7. The Morgan fingerprint density at radius 3 is 2.57 bits per heavy atom. The highest BCUT2D eigenvalue weighted by Gasteiger charge is 2.18. The van der Waals surface area contributed by atoms with E-state index in [0.29, 0.717) is 4.47 Å². The van der Waals surface area contributed by atoms with Gasteiger partial charge in [-0.3, -0.25) is 4.72 Å². The fourth-order valence-corrected chi connectivity index (χ4v) is 2.94. The summed E-state index contributed by atoms with van der Waals surface area (Å²) in [7, 11) is -3.95. The Balaban J connectivity index is 2.38. The number of hydrogen-bond acceptors (Lipinski definition) is 4. The van der Waals surface area contributed by atoms with Crippen molar-refractivity contribution >= 4 is 49.3 Å². The van der Waals surface area contributed by atoms with Gasteiger partial charge >= 0.3 is 5.97 Å². The third-order valence-electron chi connectivity index (χ3n) is 2.44. The Morgan fingerprint density at radius 1 is 1.29 bits per heavy atom. The van der Waals surface area contributed by atoms with Gasteiger partial charge in [0, 0.05) is 10.7 Å². The predicted molar refractivity (Wildman–Crippen MR) is 81.2 cm³/mol. The molecule has 0 unspecified atom stereocenters. The molecule has 2 aromatic rings. The first-order chi connectivity index (χ1) is 9.79. The predicted octanol–water partition coefficient (Wildman–Crippen LogP) is 3.00. The molecule has 9 heteroatoms. The molecule has 110 valence electrons. The highest BCUT2D eigenvalue weighted by Crippen LogP contribution is 2.22. The maximum Gasteiger partial charge on any atom is 0.337 e. The number of aromatic nitrogens is 1. The van der Waals surface area contributed by atoms with Gasteiger partial charge in [-0.1, -0.05) is 11.6 Å². The second kappa shape index (κ2) is 6.00. The number of carbonyl (C=O) groups is 1. The monoisotopic (exact) mass is 390 g/mol. The van der Waals surface area contributed by atoms with Crippen LogP contribution in [0.4, 0.5) is 5.82 Å². The molecule has 6 nitrogen and oxygen atoms in total. The fourth-order valence-electron chi connectivity index (χ4n) is 1.47. The zero-order valence-electron chi connectivity index (χ0n) is 10.2. The second-order valence-corrected chi connectivity index (χ2v) is 6.92. The van der Waals surface area contributed by atoms with E-state index in [1.165, 1.54) is 24.4 Å². The van der Waals surface area contributed by atoms with Crippen LogP contribution in [0.1, 0.15) is 10.4 Å². The van der Waals surface area contributed by atoms with Crippen LogP contribution in [0.5, 0.6) is 0 Å². The Hall–Kier alpha value is -1.64. The molecule has 0 radical (unpaired) electrons. The molecule has 2 rings (SSSR count). The van der Waals surface area contributed by atoms with Gasteiger partial charge in [0.05, 0.1) is 15.5 Å². The molecule has 0 aliphatic rings. The van der Waals surface area contributed by atoms with E-state index in [2.05, 4.69) is 25.6 Å². The van der Waals surface area contributed by atoms with Gasteiger partial charge in [0.25, 0.3) is 10.0 Å². The average molecular weight is 392 g/mol. The van der Waals surface area contributed by atoms with Crippen molar-refractivity contribution in [2.75, 3.05) is 4.72 Å². The Morgan fingerprint density at radius 2 is 2.00 bits per heavy atom. The lowest BCUT2D eigenvalue weighted by atomic mass is 10.2. The van der Waals surface area contributed by atoms with Gasteiger partial charge < -0.3 is 5.11 Å². The molecule has 0 spiro atoms. The molecule has 1 aromatic heterocycles. The van der Waals surface area contributed by atoms with Crippen LogP contribution in [-0.4, -0.2) is 24.5 Å². The first-order valence-corrected chi connectivity index (χ1v) is 8.12. The maximum absolute atomic E-state index is 12.2. The number of nitrogens with zero attached hydrogens (tertiary/aromatic N) is 1. The van der Waals surface area contributed by atoms with Crippen molar-refractivity contribution in [1.82, 2.24) is 4.98 Å². The third kappa shape index (κ3) is 3.72. The van der Waals surface area contributed by atoms with Crippen LogP contribution in [0.25, 0.3) is 0 Å². The van der Waals surface area contributed by atoms with Gasteiger partial charge in [-0.2, -0.15) is 0 Å². The van der Waals surface area contributed by atoms with Crippen LogP contribution in [0.3, 0.4) is 0 Å². The van der Waals surface area contributed by atoms with Crippen LogP contribution in [0.2, 0.25) is 5.02 Å². The van der Waals surface area contributed by atoms with Crippen molar-refractivity contribution in [1.29, 1.82) is 0 Å². The molecule has 1 heterocycles. The summed E-state index contributed by atoms with van der Waals surface area (Å²) in [6.45, 7) is 0. The second-order valence-electron chi connectivity index (χ2n) is 3.91. The summed E-state index contributed by atoms with van der Waals surface area (Å²) in [5.41, 5.74) is -0.289. The molecule has 2 N–H and O–H groups in total. The van der Waals surface area contributed by atoms with Crippen LogP contribution >= 0.6 is 27.5 Å². The summed E-state index contributed by atoms with van der Waals surface area (Å²) >= 11 is 8.89. The first-order valence-electron chi connectivity index (χ1n) is 5.47. The van der Waals surface area contributed by atoms with E-state index in [0.717, 1.165) is 6.07 Å². The quantitative estimate of drug-likeness (QED) is 0.835. The third-order valence-corrected chi connectivity index (χ3v) is 4.60. The summed E-state index contributed by atoms with van der Waals surface area (Å²) in [6, 6.07) is 6.52. The number of carboxylic acid groups (broad SMARTS) is 1. The van der Waals surface area contributed by atoms with Crippen LogP contribution in [0, 0.1) is 0 Å². The molecule has 0 aliphatic carbocycles. The normalized spacial score (nSPS) is 11.1. The molecule has 0 atom stereocenters. The number of sulfonamides is 1. The van der Waals surface area contributed by atoms with Crippen LogP contribution in [0.15, 0.2) is 45.9 Å². The van der Waals surface area contributed by atoms with Crippen LogP contribution in [-0.2, 0) is 10.0 Å². The van der Waals surface area contributed by atoms with Gasteiger partial charge in [-0.25, -0.2) is 18.2 Å². The number of nitrogens with one attached hydrogen (secondary N) is 1. The Kier molecular flexibility index (Phi) is 4.50. The number of hydrogen-bond donors (Lipinski definition) is 2. The molecule has 0 aliphatic heterocycles. The molecule has 21 heavy (non-hydrogen) atoms. The highest BCUT2D eigenvalue weighted by molar-refractivity contribution is 9.10. The van der Waals surface area contributed by atoms with Gasteiger partial charge in [-0.15, -0.1) is 0 Å². The largest absolute Gasteiger partial charge is 0.478 e. The van der Waals surface area contributed by atoms with Crippen molar-refractivity contribution in [2.24, 2.45) is 0 Å². The van der Waals surface area contributed by atoms with Gasteiger partial charge in [-0.05, 0) is 46.3 Å². The topological polar surface area (TPSA) is 96.4 Å². The molecular weight excluding hydrogens is 384 g/mol. The Labute approximate surface area is 134 Å². The fraction of sp³-hybridized carbons (Fsp3) is 0. The summed E-state index contributed by atoms with van der Waals surface area (Å²) < 4.78 is 27.3. The molecule has 1 aromatic carbocycles. The van der Waals surface area contributed by atoms with E-state index in [4.69, 9.17) is 16.7 Å². The highest BCUT2D eigenvalue weighted by atomic mass is 79.9. The first kappa shape index (κ1) is 15.7. The molecule has 0 saturated carbocycles. The van der Waals surface area contributed by atoms with E-state index in [1.54, 1.807) is 6.07 Å². The molecular formula is C12H8BrClN2O4S. The standard InChI is InChI=1S/C12H8BrClN2O4S/c13-7-1-4-11(15-6-7)16-21(19,20)8-2-3-10(14)9(5-8)12(17)18/h1-6H,(H,15,16)(H,17,18). The van der Waals surface area contributed by atoms with E-state index in [9.17, 15) is 13.2 Å². The van der Waals surface area contributed by atoms with E-state index >= 15 is 0 Å². The van der Waals surface area contributed by atoms with E-state index < -0.39 is 16.0 Å². The number of aromatic carboxylic acids is 1. The number of anilines is 1. The van der Waals surface area contributed by atoms with Crippen molar-refractivity contribution in [3.05, 3.63) is 51.6 Å². The molecule has 0 fully saturated rings. The minimum absolute atomic E-state index is 0.0387. The lowest BCUT2D eigenvalue weighted by Crippen LogP contribution is -2.14. The number of carboxylic acids is 1. The number of halogens is 2. The van der Waals surface area contributed by atoms with E-state index in [1.807, 2.05) is 0 Å². The van der Waals surface area contributed by atoms with Crippen molar-refractivity contribution in [2.45, 2.75) is 4.90 Å². The van der Waals surface area contributed by atoms with Gasteiger partial charge in [0.15, 0.2) is 0 Å². The van der Waals surface area contributed by atoms with Crippen molar-refractivity contribution in [3.63, 3.8) is 0 Å². The average Bonchev–Trinajstić information content (AvgIpc) is 2.41. The van der Waals surface area contributed by atoms with Crippen molar-refractivity contribution < 1.29 is 18.3 Å². The zero-order valence-corrected chi connectivity index (χ0v) is 13.4. The van der Waals surface area contributed by atoms with E-state index in [-0.39, 0.29) is 21.3 Å². The maximum atomic E-state index is 12.2. The summed E-state index contributed by atoms with van der Waals surface area (Å²) in [5.74, 6) is -1.19. The number of rotatable bonds is 4. The number of pyridine rings is 1. The van der Waals surface area contributed by atoms with Gasteiger partial charge in [0.1, 0.15) is 5.82 Å². The zero-order chi connectivity index (χ0) is 15.6. The number of benzene rings is 1. The lowest BCUT2D eigenvalue weighted by molar-refractivity contribution is 0.0697. The molecule has 0 saturated heterocycles.